The number of halogens is 1. The lowest BCUT2D eigenvalue weighted by molar-refractivity contribution is -0.205. The van der Waals surface area contributed by atoms with Crippen LogP contribution in [0.5, 0.6) is 11.5 Å². The van der Waals surface area contributed by atoms with Crippen LogP contribution in [-0.4, -0.2) is 30.7 Å². The van der Waals surface area contributed by atoms with E-state index in [0.29, 0.717) is 23.1 Å². The number of nitrogens with zero attached hydrogens (tertiary/aromatic N) is 2. The van der Waals surface area contributed by atoms with Crippen molar-refractivity contribution in [2.24, 2.45) is 22.9 Å². The lowest BCUT2D eigenvalue weighted by Gasteiger charge is -2.51. The number of amidine groups is 1. The molecular formula is C30H35FN2O3S. The standard InChI is InChI=1S/C30H35FN2O3S/c1-4-22-14-19-8-5-6-10-23(15-19)30(22)33(18-21-12-13-24(34-2)17-26(21)35-3)29(32-36-30)27-16-20-9-7-11-25(31)28(20)37-27/h7,9,11-13,16-17,19,22-23H,4-6,8,10,14-15,18H2,1-3H3. The van der Waals surface area contributed by atoms with Gasteiger partial charge >= 0.3 is 0 Å². The number of hydrogen-bond donors (Lipinski definition) is 0. The predicted molar refractivity (Wildman–Crippen MR) is 146 cm³/mol. The molecule has 2 aliphatic carbocycles. The average molecular weight is 523 g/mol. The van der Waals surface area contributed by atoms with Gasteiger partial charge in [0.05, 0.1) is 30.3 Å². The number of hydrogen-bond acceptors (Lipinski definition) is 6. The van der Waals surface area contributed by atoms with Gasteiger partial charge in [0.25, 0.3) is 0 Å². The van der Waals surface area contributed by atoms with Crippen molar-refractivity contribution in [3.8, 4) is 11.5 Å². The Bertz CT molecular complexity index is 1320. The van der Waals surface area contributed by atoms with Crippen LogP contribution >= 0.6 is 11.3 Å². The van der Waals surface area contributed by atoms with Gasteiger partial charge in [-0.2, -0.15) is 0 Å². The van der Waals surface area contributed by atoms with Gasteiger partial charge in [0.1, 0.15) is 17.3 Å². The van der Waals surface area contributed by atoms with Gasteiger partial charge in [-0.15, -0.1) is 11.3 Å². The summed E-state index contributed by atoms with van der Waals surface area (Å²) >= 11 is 1.46. The van der Waals surface area contributed by atoms with Crippen molar-refractivity contribution >= 4 is 27.3 Å². The first-order valence-electron chi connectivity index (χ1n) is 13.5. The van der Waals surface area contributed by atoms with E-state index in [4.69, 9.17) is 19.5 Å². The monoisotopic (exact) mass is 522 g/mol. The molecule has 7 heteroatoms. The highest BCUT2D eigenvalue weighted by atomic mass is 32.1. The van der Waals surface area contributed by atoms with Crippen LogP contribution in [-0.2, 0) is 11.4 Å². The lowest BCUT2D eigenvalue weighted by atomic mass is 9.66. The van der Waals surface area contributed by atoms with E-state index >= 15 is 0 Å². The number of fused-ring (bicyclic) bond motifs is 4. The molecule has 2 fully saturated rings. The Morgan fingerprint density at radius 1 is 1.11 bits per heavy atom. The van der Waals surface area contributed by atoms with Crippen molar-refractivity contribution in [3.05, 3.63) is 58.7 Å². The molecule has 2 bridgehead atoms. The molecule has 0 radical (unpaired) electrons. The Hall–Kier alpha value is -2.80. The highest BCUT2D eigenvalue weighted by molar-refractivity contribution is 7.20. The Labute approximate surface area is 222 Å². The molecule has 1 spiro atoms. The second kappa shape index (κ2) is 9.82. The zero-order valence-corrected chi connectivity index (χ0v) is 22.7. The molecule has 2 aromatic carbocycles. The summed E-state index contributed by atoms with van der Waals surface area (Å²) in [6.45, 7) is 2.88. The maximum Gasteiger partial charge on any atom is 0.217 e. The van der Waals surface area contributed by atoms with E-state index in [-0.39, 0.29) is 5.82 Å². The maximum atomic E-state index is 14.7. The zero-order valence-electron chi connectivity index (χ0n) is 21.8. The topological polar surface area (TPSA) is 43.3 Å². The van der Waals surface area contributed by atoms with E-state index in [2.05, 4.69) is 24.0 Å². The molecule has 0 amide bonds. The minimum atomic E-state index is -0.509. The van der Waals surface area contributed by atoms with E-state index in [0.717, 1.165) is 58.3 Å². The van der Waals surface area contributed by atoms with Crippen LogP contribution < -0.4 is 9.47 Å². The molecule has 5 nitrogen and oxygen atoms in total. The molecule has 196 valence electrons. The van der Waals surface area contributed by atoms with E-state index < -0.39 is 5.72 Å². The van der Waals surface area contributed by atoms with Gasteiger partial charge in [-0.3, -0.25) is 0 Å². The molecule has 1 aromatic heterocycles. The first-order chi connectivity index (χ1) is 18.1. The summed E-state index contributed by atoms with van der Waals surface area (Å²) in [4.78, 5) is 10.0. The molecule has 1 aliphatic heterocycles. The SMILES string of the molecule is CCC1CC2CCCCC(C2)C12ON=C(c1cc3cccc(F)c3s1)N2Cc1ccc(OC)cc1OC. The molecule has 37 heavy (non-hydrogen) atoms. The van der Waals surface area contributed by atoms with Crippen molar-refractivity contribution in [1.29, 1.82) is 0 Å². The van der Waals surface area contributed by atoms with Crippen LogP contribution in [0.3, 0.4) is 0 Å². The molecule has 3 aromatic rings. The molecule has 0 saturated heterocycles. The van der Waals surface area contributed by atoms with Gasteiger partial charge in [0.15, 0.2) is 5.84 Å². The third-order valence-electron chi connectivity index (χ3n) is 8.81. The van der Waals surface area contributed by atoms with Gasteiger partial charge in [0, 0.05) is 23.5 Å². The molecule has 0 N–H and O–H groups in total. The highest BCUT2D eigenvalue weighted by Gasteiger charge is 2.59. The Morgan fingerprint density at radius 3 is 2.76 bits per heavy atom. The second-order valence-electron chi connectivity index (χ2n) is 10.7. The van der Waals surface area contributed by atoms with E-state index in [1.807, 2.05) is 18.2 Å². The molecule has 4 atom stereocenters. The molecule has 2 heterocycles. The fourth-order valence-electron chi connectivity index (χ4n) is 7.05. The lowest BCUT2D eigenvalue weighted by Crippen LogP contribution is -2.60. The van der Waals surface area contributed by atoms with Crippen LogP contribution in [0.15, 0.2) is 47.6 Å². The van der Waals surface area contributed by atoms with Gasteiger partial charge in [-0.25, -0.2) is 4.39 Å². The minimum Gasteiger partial charge on any atom is -0.497 e. The number of thiophene rings is 1. The van der Waals surface area contributed by atoms with Gasteiger partial charge < -0.3 is 19.2 Å². The predicted octanol–water partition coefficient (Wildman–Crippen LogP) is 7.57. The van der Waals surface area contributed by atoms with E-state index in [1.54, 1.807) is 20.3 Å². The van der Waals surface area contributed by atoms with E-state index in [1.165, 1.54) is 43.1 Å². The third kappa shape index (κ3) is 4.06. The van der Waals surface area contributed by atoms with Crippen LogP contribution in [0, 0.1) is 23.6 Å². The number of ether oxygens (including phenoxy) is 2. The Balaban J connectivity index is 1.47. The fourth-order valence-corrected chi connectivity index (χ4v) is 8.11. The second-order valence-corrected chi connectivity index (χ2v) is 11.8. The molecular weight excluding hydrogens is 487 g/mol. The smallest absolute Gasteiger partial charge is 0.217 e. The number of benzene rings is 2. The number of methoxy groups -OCH3 is 2. The van der Waals surface area contributed by atoms with Crippen molar-refractivity contribution < 1.29 is 18.7 Å². The average Bonchev–Trinajstić information content (AvgIpc) is 3.45. The summed E-state index contributed by atoms with van der Waals surface area (Å²) in [5, 5.41) is 5.71. The van der Waals surface area contributed by atoms with E-state index in [9.17, 15) is 4.39 Å². The molecule has 4 unspecified atom stereocenters. The summed E-state index contributed by atoms with van der Waals surface area (Å²) in [6.07, 6.45) is 8.36. The summed E-state index contributed by atoms with van der Waals surface area (Å²) in [6, 6.07) is 13.3. The molecule has 6 rings (SSSR count). The third-order valence-corrected chi connectivity index (χ3v) is 9.96. The Kier molecular flexibility index (Phi) is 6.51. The first kappa shape index (κ1) is 24.5. The summed E-state index contributed by atoms with van der Waals surface area (Å²) in [5.74, 6) is 3.68. The Morgan fingerprint density at radius 2 is 1.97 bits per heavy atom. The van der Waals surface area contributed by atoms with Crippen LogP contribution in [0.25, 0.3) is 10.1 Å². The van der Waals surface area contributed by atoms with Crippen LogP contribution in [0.4, 0.5) is 4.39 Å². The maximum absolute atomic E-state index is 14.7. The minimum absolute atomic E-state index is 0.193. The summed E-state index contributed by atoms with van der Waals surface area (Å²) in [7, 11) is 3.36. The number of oxime groups is 1. The first-order valence-corrected chi connectivity index (χ1v) is 14.3. The largest absolute Gasteiger partial charge is 0.497 e. The van der Waals surface area contributed by atoms with Gasteiger partial charge in [-0.05, 0) is 61.3 Å². The van der Waals surface area contributed by atoms with Crippen molar-refractivity contribution in [3.63, 3.8) is 0 Å². The zero-order chi connectivity index (χ0) is 25.6. The summed E-state index contributed by atoms with van der Waals surface area (Å²) < 4.78 is 26.6. The van der Waals surface area contributed by atoms with Gasteiger partial charge in [0.2, 0.25) is 5.72 Å². The quantitative estimate of drug-likeness (QED) is 0.335. The van der Waals surface area contributed by atoms with Crippen LogP contribution in [0.1, 0.15) is 62.3 Å². The fraction of sp³-hybridized carbons (Fsp3) is 0.500. The van der Waals surface area contributed by atoms with Crippen LogP contribution in [0.2, 0.25) is 0 Å². The molecule has 2 saturated carbocycles. The van der Waals surface area contributed by atoms with Gasteiger partial charge in [-0.1, -0.05) is 43.5 Å². The van der Waals surface area contributed by atoms with Crippen molar-refractivity contribution in [1.82, 2.24) is 4.90 Å². The highest BCUT2D eigenvalue weighted by Crippen LogP contribution is 2.55. The summed E-state index contributed by atoms with van der Waals surface area (Å²) in [5.41, 5.74) is 0.545. The van der Waals surface area contributed by atoms with Crippen molar-refractivity contribution in [2.75, 3.05) is 14.2 Å². The molecule has 3 aliphatic rings. The van der Waals surface area contributed by atoms with Crippen molar-refractivity contribution in [2.45, 2.75) is 64.1 Å². The normalized spacial score (nSPS) is 27.2. The number of rotatable bonds is 6.